The van der Waals surface area contributed by atoms with Gasteiger partial charge >= 0.3 is 5.97 Å². The summed E-state index contributed by atoms with van der Waals surface area (Å²) in [7, 11) is -3.75. The first-order valence-corrected chi connectivity index (χ1v) is 7.90. The molecule has 118 valence electrons. The smallest absolute Gasteiger partial charge is 0.332 e. The molecule has 0 amide bonds. The van der Waals surface area contributed by atoms with Gasteiger partial charge in [-0.2, -0.15) is 0 Å². The second kappa shape index (κ2) is 7.39. The summed E-state index contributed by atoms with van der Waals surface area (Å²) >= 11 is 0. The summed E-state index contributed by atoms with van der Waals surface area (Å²) in [5.41, 5.74) is 0.685. The van der Waals surface area contributed by atoms with Crippen LogP contribution in [0.15, 0.2) is 23.1 Å². The van der Waals surface area contributed by atoms with Gasteiger partial charge in [-0.15, -0.1) is 0 Å². The van der Waals surface area contributed by atoms with Crippen LogP contribution in [0.2, 0.25) is 0 Å². The number of hydrogen-bond acceptors (Lipinski definition) is 5. The lowest BCUT2D eigenvalue weighted by atomic mass is 10.2. The van der Waals surface area contributed by atoms with E-state index < -0.39 is 22.1 Å². The molecule has 0 spiro atoms. The van der Waals surface area contributed by atoms with Crippen LogP contribution in [0.1, 0.15) is 18.9 Å². The lowest BCUT2D eigenvalue weighted by Crippen LogP contribution is -2.30. The van der Waals surface area contributed by atoms with Gasteiger partial charge in [0.05, 0.1) is 11.5 Å². The molecule has 0 radical (unpaired) electrons. The third-order valence-corrected chi connectivity index (χ3v) is 4.21. The van der Waals surface area contributed by atoms with Crippen LogP contribution in [-0.2, 0) is 14.8 Å². The normalized spacial score (nSPS) is 12.9. The molecule has 0 bridgehead atoms. The van der Waals surface area contributed by atoms with Crippen LogP contribution in [0, 0.1) is 6.92 Å². The number of carboxylic acid groups (broad SMARTS) is 1. The molecule has 1 aromatic rings. The number of benzene rings is 1. The van der Waals surface area contributed by atoms with Crippen LogP contribution in [-0.4, -0.2) is 43.9 Å². The standard InChI is InChI=1S/C13H19NO6S/c1-3-20-12-5-4-10(8-9(12)2)21(18,19)14-7-6-11(15)13(16)17/h4-5,8,11,14-15H,3,6-7H2,1-2H3,(H,16,17)/t11-/m0/s1. The summed E-state index contributed by atoms with van der Waals surface area (Å²) in [4.78, 5) is 10.5. The van der Waals surface area contributed by atoms with Gasteiger partial charge < -0.3 is 14.9 Å². The zero-order chi connectivity index (χ0) is 16.0. The Morgan fingerprint density at radius 3 is 2.62 bits per heavy atom. The molecular formula is C13H19NO6S. The number of aliphatic carboxylic acids is 1. The van der Waals surface area contributed by atoms with Crippen molar-refractivity contribution in [3.8, 4) is 5.75 Å². The zero-order valence-electron chi connectivity index (χ0n) is 11.9. The van der Waals surface area contributed by atoms with Crippen molar-refractivity contribution in [2.45, 2.75) is 31.3 Å². The summed E-state index contributed by atoms with van der Waals surface area (Å²) < 4.78 is 31.6. The maximum atomic E-state index is 12.0. The largest absolute Gasteiger partial charge is 0.494 e. The number of carboxylic acids is 1. The van der Waals surface area contributed by atoms with Gasteiger partial charge in [0.15, 0.2) is 6.10 Å². The van der Waals surface area contributed by atoms with Gasteiger partial charge in [0.25, 0.3) is 0 Å². The van der Waals surface area contributed by atoms with Gasteiger partial charge in [-0.1, -0.05) is 0 Å². The van der Waals surface area contributed by atoms with E-state index in [1.54, 1.807) is 13.0 Å². The first-order chi connectivity index (χ1) is 9.77. The fourth-order valence-electron chi connectivity index (χ4n) is 1.64. The minimum Gasteiger partial charge on any atom is -0.494 e. The van der Waals surface area contributed by atoms with E-state index in [9.17, 15) is 13.2 Å². The van der Waals surface area contributed by atoms with Crippen molar-refractivity contribution in [1.29, 1.82) is 0 Å². The average molecular weight is 317 g/mol. The summed E-state index contributed by atoms with van der Waals surface area (Å²) in [5, 5.41) is 17.6. The van der Waals surface area contributed by atoms with E-state index in [2.05, 4.69) is 4.72 Å². The van der Waals surface area contributed by atoms with Crippen LogP contribution in [0.25, 0.3) is 0 Å². The monoisotopic (exact) mass is 317 g/mol. The van der Waals surface area contributed by atoms with Crippen molar-refractivity contribution in [1.82, 2.24) is 4.72 Å². The number of rotatable bonds is 8. The number of carbonyl (C=O) groups is 1. The van der Waals surface area contributed by atoms with Crippen LogP contribution in [0.5, 0.6) is 5.75 Å². The summed E-state index contributed by atoms with van der Waals surface area (Å²) in [5.74, 6) is -0.774. The number of aliphatic hydroxyl groups excluding tert-OH is 1. The van der Waals surface area contributed by atoms with Crippen molar-refractivity contribution < 1.29 is 28.2 Å². The lowest BCUT2D eigenvalue weighted by molar-refractivity contribution is -0.146. The molecule has 0 fully saturated rings. The minimum absolute atomic E-state index is 0.0632. The molecule has 0 aromatic heterocycles. The molecule has 0 aliphatic heterocycles. The van der Waals surface area contributed by atoms with E-state index >= 15 is 0 Å². The molecule has 0 heterocycles. The molecule has 0 unspecified atom stereocenters. The van der Waals surface area contributed by atoms with Crippen LogP contribution < -0.4 is 9.46 Å². The molecule has 0 saturated heterocycles. The average Bonchev–Trinajstić information content (AvgIpc) is 2.40. The maximum absolute atomic E-state index is 12.0. The van der Waals surface area contributed by atoms with Crippen molar-refractivity contribution in [2.75, 3.05) is 13.2 Å². The van der Waals surface area contributed by atoms with E-state index in [0.717, 1.165) is 0 Å². The molecule has 3 N–H and O–H groups in total. The third kappa shape index (κ3) is 5.00. The number of aryl methyl sites for hydroxylation is 1. The molecule has 21 heavy (non-hydrogen) atoms. The SMILES string of the molecule is CCOc1ccc(S(=O)(=O)NCC[C@H](O)C(=O)O)cc1C. The quantitative estimate of drug-likeness (QED) is 0.644. The predicted molar refractivity (Wildman–Crippen MR) is 75.8 cm³/mol. The van der Waals surface area contributed by atoms with Crippen molar-refractivity contribution in [3.63, 3.8) is 0 Å². The molecular weight excluding hydrogens is 298 g/mol. The highest BCUT2D eigenvalue weighted by Crippen LogP contribution is 2.21. The Bertz CT molecular complexity index is 599. The number of nitrogens with one attached hydrogen (secondary N) is 1. The Morgan fingerprint density at radius 2 is 2.10 bits per heavy atom. The summed E-state index contributed by atoms with van der Waals surface area (Å²) in [6.45, 7) is 3.89. The van der Waals surface area contributed by atoms with Crippen molar-refractivity contribution in [3.05, 3.63) is 23.8 Å². The fourth-order valence-corrected chi connectivity index (χ4v) is 2.78. The first kappa shape index (κ1) is 17.4. The summed E-state index contributed by atoms with van der Waals surface area (Å²) in [6.07, 6.45) is -1.79. The highest BCUT2D eigenvalue weighted by Gasteiger charge is 2.18. The van der Waals surface area contributed by atoms with Gasteiger partial charge in [0.2, 0.25) is 10.0 Å². The van der Waals surface area contributed by atoms with Crippen LogP contribution >= 0.6 is 0 Å². The topological polar surface area (TPSA) is 113 Å². The van der Waals surface area contributed by atoms with E-state index in [0.29, 0.717) is 17.9 Å². The second-order valence-corrected chi connectivity index (χ2v) is 6.17. The molecule has 0 saturated carbocycles. The van der Waals surface area contributed by atoms with Gasteiger partial charge in [-0.05, 0) is 44.0 Å². The Morgan fingerprint density at radius 1 is 1.43 bits per heavy atom. The maximum Gasteiger partial charge on any atom is 0.332 e. The molecule has 0 aliphatic carbocycles. The highest BCUT2D eigenvalue weighted by molar-refractivity contribution is 7.89. The molecule has 8 heteroatoms. The molecule has 1 atom stereocenters. The number of aliphatic hydroxyl groups is 1. The highest BCUT2D eigenvalue weighted by atomic mass is 32.2. The second-order valence-electron chi connectivity index (χ2n) is 4.40. The Labute approximate surface area is 123 Å². The van der Waals surface area contributed by atoms with Gasteiger partial charge in [0, 0.05) is 6.54 Å². The zero-order valence-corrected chi connectivity index (χ0v) is 12.7. The predicted octanol–water partition coefficient (Wildman–Crippen LogP) is 0.508. The Balaban J connectivity index is 2.74. The molecule has 1 aromatic carbocycles. The van der Waals surface area contributed by atoms with Gasteiger partial charge in [-0.25, -0.2) is 17.9 Å². The minimum atomic E-state index is -3.75. The van der Waals surface area contributed by atoms with Gasteiger partial charge in [0.1, 0.15) is 5.75 Å². The lowest BCUT2D eigenvalue weighted by Gasteiger charge is -2.11. The van der Waals surface area contributed by atoms with E-state index in [1.165, 1.54) is 12.1 Å². The summed E-state index contributed by atoms with van der Waals surface area (Å²) in [6, 6.07) is 4.45. The van der Waals surface area contributed by atoms with Gasteiger partial charge in [-0.3, -0.25) is 0 Å². The number of hydrogen-bond donors (Lipinski definition) is 3. The third-order valence-electron chi connectivity index (χ3n) is 2.75. The molecule has 0 aliphatic rings. The van der Waals surface area contributed by atoms with E-state index in [-0.39, 0.29) is 17.9 Å². The van der Waals surface area contributed by atoms with Crippen molar-refractivity contribution >= 4 is 16.0 Å². The fraction of sp³-hybridized carbons (Fsp3) is 0.462. The van der Waals surface area contributed by atoms with Crippen LogP contribution in [0.3, 0.4) is 0 Å². The molecule has 1 rings (SSSR count). The van der Waals surface area contributed by atoms with E-state index in [4.69, 9.17) is 14.9 Å². The number of ether oxygens (including phenoxy) is 1. The van der Waals surface area contributed by atoms with Crippen molar-refractivity contribution in [2.24, 2.45) is 0 Å². The Hall–Kier alpha value is -1.64. The van der Waals surface area contributed by atoms with Crippen LogP contribution in [0.4, 0.5) is 0 Å². The molecule has 7 nitrogen and oxygen atoms in total. The van der Waals surface area contributed by atoms with E-state index in [1.807, 2.05) is 6.92 Å². The Kier molecular flexibility index (Phi) is 6.13. The first-order valence-electron chi connectivity index (χ1n) is 6.42. The number of sulfonamides is 1.